The van der Waals surface area contributed by atoms with Crippen molar-refractivity contribution < 1.29 is 22.8 Å². The topological polar surface area (TPSA) is 49.4 Å². The van der Waals surface area contributed by atoms with E-state index in [9.17, 15) is 22.8 Å². The van der Waals surface area contributed by atoms with Gasteiger partial charge in [0.05, 0.1) is 23.7 Å². The maximum Gasteiger partial charge on any atom is 0.416 e. The second kappa shape index (κ2) is 6.92. The number of aryl methyl sites for hydroxylation is 1. The summed E-state index contributed by atoms with van der Waals surface area (Å²) in [6, 6.07) is 11.1. The summed E-state index contributed by atoms with van der Waals surface area (Å²) in [5, 5.41) is 2.89. The molecule has 2 aromatic rings. The van der Waals surface area contributed by atoms with Gasteiger partial charge < -0.3 is 5.32 Å². The van der Waals surface area contributed by atoms with Crippen molar-refractivity contribution in [3.8, 4) is 0 Å². The van der Waals surface area contributed by atoms with Crippen molar-refractivity contribution in [3.63, 3.8) is 0 Å². The molecular formula is C19H17F3N2O2. The molecule has 0 saturated carbocycles. The van der Waals surface area contributed by atoms with E-state index in [-0.39, 0.29) is 18.9 Å². The molecule has 0 aromatic heterocycles. The van der Waals surface area contributed by atoms with Gasteiger partial charge in [0.25, 0.3) is 5.91 Å². The third kappa shape index (κ3) is 3.77. The molecule has 7 heteroatoms. The van der Waals surface area contributed by atoms with Gasteiger partial charge in [-0.1, -0.05) is 35.9 Å². The van der Waals surface area contributed by atoms with Crippen LogP contribution in [-0.2, 0) is 22.3 Å². The van der Waals surface area contributed by atoms with Crippen LogP contribution in [0.2, 0.25) is 0 Å². The van der Waals surface area contributed by atoms with Gasteiger partial charge in [0, 0.05) is 6.54 Å². The number of rotatable bonds is 4. The summed E-state index contributed by atoms with van der Waals surface area (Å²) in [6.45, 7) is 1.96. The minimum Gasteiger partial charge on any atom is -0.301 e. The molecule has 0 spiro atoms. The highest BCUT2D eigenvalue weighted by atomic mass is 19.4. The van der Waals surface area contributed by atoms with Gasteiger partial charge in [-0.2, -0.15) is 13.2 Å². The van der Waals surface area contributed by atoms with Crippen LogP contribution in [0, 0.1) is 6.92 Å². The molecule has 1 N–H and O–H groups in total. The van der Waals surface area contributed by atoms with Crippen LogP contribution < -0.4 is 10.2 Å². The van der Waals surface area contributed by atoms with Gasteiger partial charge in [-0.05, 0) is 30.7 Å². The second-order valence-corrected chi connectivity index (χ2v) is 6.24. The Labute approximate surface area is 148 Å². The molecule has 2 amide bonds. The number of hydrogen-bond acceptors (Lipinski definition) is 3. The van der Waals surface area contributed by atoms with Crippen molar-refractivity contribution in [1.82, 2.24) is 5.32 Å². The van der Waals surface area contributed by atoms with Crippen molar-refractivity contribution in [1.29, 1.82) is 0 Å². The van der Waals surface area contributed by atoms with Crippen LogP contribution in [0.1, 0.15) is 23.1 Å². The average Bonchev–Trinajstić information content (AvgIpc) is 2.87. The summed E-state index contributed by atoms with van der Waals surface area (Å²) < 4.78 is 38.3. The normalized spacial score (nSPS) is 17.8. The molecule has 0 aliphatic carbocycles. The number of nitrogens with one attached hydrogen (secondary N) is 1. The summed E-state index contributed by atoms with van der Waals surface area (Å²) in [5.41, 5.74) is 1.15. The number of anilines is 1. The van der Waals surface area contributed by atoms with Gasteiger partial charge in [0.2, 0.25) is 5.91 Å². The third-order valence-electron chi connectivity index (χ3n) is 4.25. The zero-order chi connectivity index (χ0) is 18.9. The number of alkyl halides is 3. The Morgan fingerprint density at radius 1 is 1.12 bits per heavy atom. The molecule has 1 unspecified atom stereocenters. The van der Waals surface area contributed by atoms with Crippen LogP contribution in [0.4, 0.5) is 18.9 Å². The van der Waals surface area contributed by atoms with Gasteiger partial charge in [-0.25, -0.2) is 4.90 Å². The highest BCUT2D eigenvalue weighted by molar-refractivity contribution is 6.22. The molecule has 2 aromatic carbocycles. The molecule has 1 heterocycles. The van der Waals surface area contributed by atoms with E-state index in [2.05, 4.69) is 5.32 Å². The molecule has 1 fully saturated rings. The van der Waals surface area contributed by atoms with Gasteiger partial charge in [0.1, 0.15) is 0 Å². The molecule has 1 aliphatic heterocycles. The standard InChI is InChI=1S/C19H17F3N2O2/c1-12-5-7-15(8-6-12)24-17(25)10-16(18(24)26)23-11-13-3-2-4-14(9-13)19(20,21)22/h2-9,16,23H,10-11H2,1H3. The number of halogens is 3. The number of carbonyl (C=O) groups is 2. The zero-order valence-corrected chi connectivity index (χ0v) is 14.0. The summed E-state index contributed by atoms with van der Waals surface area (Å²) in [4.78, 5) is 25.8. The zero-order valence-electron chi connectivity index (χ0n) is 14.0. The number of imide groups is 1. The summed E-state index contributed by atoms with van der Waals surface area (Å²) >= 11 is 0. The van der Waals surface area contributed by atoms with E-state index in [1.807, 2.05) is 6.92 Å². The minimum absolute atomic E-state index is 0.0222. The predicted octanol–water partition coefficient (Wildman–Crippen LogP) is 3.44. The minimum atomic E-state index is -4.42. The highest BCUT2D eigenvalue weighted by Crippen LogP contribution is 2.29. The Bertz CT molecular complexity index is 831. The first-order valence-corrected chi connectivity index (χ1v) is 8.09. The molecule has 4 nitrogen and oxygen atoms in total. The third-order valence-corrected chi connectivity index (χ3v) is 4.25. The van der Waals surface area contributed by atoms with Crippen LogP contribution in [0.5, 0.6) is 0 Å². The van der Waals surface area contributed by atoms with E-state index >= 15 is 0 Å². The van der Waals surface area contributed by atoms with Gasteiger partial charge in [-0.15, -0.1) is 0 Å². The van der Waals surface area contributed by atoms with Crippen molar-refractivity contribution in [2.75, 3.05) is 4.90 Å². The monoisotopic (exact) mass is 362 g/mol. The fourth-order valence-electron chi connectivity index (χ4n) is 2.86. The van der Waals surface area contributed by atoms with E-state index in [4.69, 9.17) is 0 Å². The Hall–Kier alpha value is -2.67. The molecule has 1 aliphatic rings. The second-order valence-electron chi connectivity index (χ2n) is 6.24. The van der Waals surface area contributed by atoms with Crippen LogP contribution in [0.25, 0.3) is 0 Å². The maximum atomic E-state index is 12.8. The average molecular weight is 362 g/mol. The first kappa shape index (κ1) is 18.1. The smallest absolute Gasteiger partial charge is 0.301 e. The first-order valence-electron chi connectivity index (χ1n) is 8.09. The number of hydrogen-bond donors (Lipinski definition) is 1. The van der Waals surface area contributed by atoms with E-state index in [1.165, 1.54) is 6.07 Å². The molecule has 136 valence electrons. The van der Waals surface area contributed by atoms with Crippen LogP contribution in [0.3, 0.4) is 0 Å². The Morgan fingerprint density at radius 3 is 2.46 bits per heavy atom. The Balaban J connectivity index is 1.69. The van der Waals surface area contributed by atoms with Gasteiger partial charge in [0.15, 0.2) is 0 Å². The number of carbonyl (C=O) groups excluding carboxylic acids is 2. The molecule has 1 atom stereocenters. The maximum absolute atomic E-state index is 12.8. The van der Waals surface area contributed by atoms with Crippen molar-refractivity contribution in [2.24, 2.45) is 0 Å². The lowest BCUT2D eigenvalue weighted by atomic mass is 10.1. The van der Waals surface area contributed by atoms with E-state index in [1.54, 1.807) is 30.3 Å². The first-order chi connectivity index (χ1) is 12.3. The number of amides is 2. The van der Waals surface area contributed by atoms with Crippen LogP contribution in [0.15, 0.2) is 48.5 Å². The Morgan fingerprint density at radius 2 is 1.81 bits per heavy atom. The predicted molar refractivity (Wildman–Crippen MR) is 90.4 cm³/mol. The highest BCUT2D eigenvalue weighted by Gasteiger charge is 2.39. The lowest BCUT2D eigenvalue weighted by Gasteiger charge is -2.16. The molecule has 0 bridgehead atoms. The van der Waals surface area contributed by atoms with Crippen LogP contribution in [-0.4, -0.2) is 17.9 Å². The molecule has 0 radical (unpaired) electrons. The number of benzene rings is 2. The summed E-state index contributed by atoms with van der Waals surface area (Å²) in [5.74, 6) is -0.730. The Kier molecular flexibility index (Phi) is 4.82. The number of nitrogens with zero attached hydrogens (tertiary/aromatic N) is 1. The van der Waals surface area contributed by atoms with E-state index in [0.29, 0.717) is 11.3 Å². The molecule has 3 rings (SSSR count). The fraction of sp³-hybridized carbons (Fsp3) is 0.263. The van der Waals surface area contributed by atoms with Crippen molar-refractivity contribution >= 4 is 17.5 Å². The van der Waals surface area contributed by atoms with E-state index < -0.39 is 23.7 Å². The molecular weight excluding hydrogens is 345 g/mol. The summed E-state index contributed by atoms with van der Waals surface area (Å²) in [6.07, 6.45) is -4.44. The van der Waals surface area contributed by atoms with Crippen molar-refractivity contribution in [2.45, 2.75) is 32.1 Å². The summed E-state index contributed by atoms with van der Waals surface area (Å²) in [7, 11) is 0. The van der Waals surface area contributed by atoms with Gasteiger partial charge in [-0.3, -0.25) is 9.59 Å². The van der Waals surface area contributed by atoms with Crippen LogP contribution >= 0.6 is 0 Å². The van der Waals surface area contributed by atoms with Gasteiger partial charge >= 0.3 is 6.18 Å². The molecule has 26 heavy (non-hydrogen) atoms. The lowest BCUT2D eigenvalue weighted by molar-refractivity contribution is -0.137. The SMILES string of the molecule is Cc1ccc(N2C(=O)CC(NCc3cccc(C(F)(F)F)c3)C2=O)cc1. The van der Waals surface area contributed by atoms with E-state index in [0.717, 1.165) is 22.6 Å². The largest absolute Gasteiger partial charge is 0.416 e. The fourth-order valence-corrected chi connectivity index (χ4v) is 2.86. The molecule has 1 saturated heterocycles. The lowest BCUT2D eigenvalue weighted by Crippen LogP contribution is -2.38. The quantitative estimate of drug-likeness (QED) is 0.848. The van der Waals surface area contributed by atoms with Crippen molar-refractivity contribution in [3.05, 3.63) is 65.2 Å².